The van der Waals surface area contributed by atoms with Gasteiger partial charge >= 0.3 is 16.2 Å². The molecule has 1 aromatic rings. The summed E-state index contributed by atoms with van der Waals surface area (Å²) in [5.74, 6) is -0.228. The molecule has 25 heavy (non-hydrogen) atoms. The summed E-state index contributed by atoms with van der Waals surface area (Å²) in [4.78, 5) is 13.6. The van der Waals surface area contributed by atoms with Crippen LogP contribution in [-0.4, -0.2) is 43.8 Å². The van der Waals surface area contributed by atoms with Crippen LogP contribution >= 0.6 is 0 Å². The molecule has 1 fully saturated rings. The zero-order chi connectivity index (χ0) is 18.5. The van der Waals surface area contributed by atoms with Crippen LogP contribution in [0.3, 0.4) is 0 Å². The van der Waals surface area contributed by atoms with E-state index >= 15 is 0 Å². The molecule has 0 spiro atoms. The third kappa shape index (κ3) is 6.74. The molecule has 0 aliphatic carbocycles. The van der Waals surface area contributed by atoms with E-state index in [-0.39, 0.29) is 11.8 Å². The van der Waals surface area contributed by atoms with E-state index in [1.54, 1.807) is 29.2 Å². The molecular formula is C17H24N2O5S. The Morgan fingerprint density at radius 1 is 1.16 bits per heavy atom. The quantitative estimate of drug-likeness (QED) is 0.763. The number of likely N-dealkylation sites (tertiary alicyclic amines) is 1. The summed E-state index contributed by atoms with van der Waals surface area (Å²) < 4.78 is 34.0. The van der Waals surface area contributed by atoms with Gasteiger partial charge in [-0.3, -0.25) is 4.28 Å². The molecule has 0 saturated carbocycles. The normalized spacial score (nSPS) is 15.6. The average molecular weight is 368 g/mol. The molecule has 7 nitrogen and oxygen atoms in total. The highest BCUT2D eigenvalue weighted by atomic mass is 32.2. The van der Waals surface area contributed by atoms with E-state index < -0.39 is 15.7 Å². The number of amides is 1. The van der Waals surface area contributed by atoms with Crippen molar-refractivity contribution in [2.24, 2.45) is 5.16 Å². The van der Waals surface area contributed by atoms with Crippen molar-refractivity contribution in [2.45, 2.75) is 45.0 Å². The Balaban J connectivity index is 1.85. The van der Waals surface area contributed by atoms with Crippen LogP contribution in [0.1, 0.15) is 39.2 Å². The van der Waals surface area contributed by atoms with Crippen LogP contribution in [0.2, 0.25) is 0 Å². The van der Waals surface area contributed by atoms with Gasteiger partial charge in [0.1, 0.15) is 11.4 Å². The third-order valence-corrected chi connectivity index (χ3v) is 4.45. The number of carbonyl (C=O) groups is 1. The van der Waals surface area contributed by atoms with Crippen molar-refractivity contribution >= 4 is 21.9 Å². The Morgan fingerprint density at radius 3 is 2.32 bits per heavy atom. The molecule has 1 aliphatic rings. The SMILES string of the molecule is CC(C)(C)OC(=O)N1CCC(=NOS(=O)(=O)Cc2ccccc2)CC1. The van der Waals surface area contributed by atoms with Gasteiger partial charge in [0.05, 0.1) is 5.71 Å². The van der Waals surface area contributed by atoms with Gasteiger partial charge in [0, 0.05) is 25.9 Å². The molecule has 0 unspecified atom stereocenters. The maximum Gasteiger partial charge on any atom is 0.410 e. The minimum atomic E-state index is -3.78. The van der Waals surface area contributed by atoms with Crippen molar-refractivity contribution in [3.8, 4) is 0 Å². The van der Waals surface area contributed by atoms with E-state index in [4.69, 9.17) is 9.02 Å². The van der Waals surface area contributed by atoms with E-state index in [9.17, 15) is 13.2 Å². The predicted octanol–water partition coefficient (Wildman–Crippen LogP) is 2.92. The zero-order valence-electron chi connectivity index (χ0n) is 14.8. The second-order valence-electron chi connectivity index (χ2n) is 6.89. The van der Waals surface area contributed by atoms with Gasteiger partial charge in [-0.25, -0.2) is 4.79 Å². The molecule has 0 N–H and O–H groups in total. The second kappa shape index (κ2) is 7.86. The average Bonchev–Trinajstić information content (AvgIpc) is 2.52. The first kappa shape index (κ1) is 19.2. The zero-order valence-corrected chi connectivity index (χ0v) is 15.6. The fraction of sp³-hybridized carbons (Fsp3) is 0.529. The maximum absolute atomic E-state index is 12.0. The smallest absolute Gasteiger partial charge is 0.410 e. The molecule has 0 aromatic heterocycles. The summed E-state index contributed by atoms with van der Waals surface area (Å²) in [6.07, 6.45) is 0.546. The number of oxime groups is 1. The lowest BCUT2D eigenvalue weighted by molar-refractivity contribution is 0.0248. The Kier molecular flexibility index (Phi) is 6.05. The molecule has 8 heteroatoms. The van der Waals surface area contributed by atoms with E-state index in [0.29, 0.717) is 37.2 Å². The summed E-state index contributed by atoms with van der Waals surface area (Å²) in [5, 5.41) is 3.77. The minimum Gasteiger partial charge on any atom is -0.444 e. The number of benzene rings is 1. The Hall–Kier alpha value is -2.09. The number of hydrogen-bond acceptors (Lipinski definition) is 6. The van der Waals surface area contributed by atoms with Gasteiger partial charge in [0.2, 0.25) is 0 Å². The Bertz CT molecular complexity index is 713. The molecule has 0 bridgehead atoms. The second-order valence-corrected chi connectivity index (χ2v) is 8.44. The lowest BCUT2D eigenvalue weighted by Gasteiger charge is -2.30. The summed E-state index contributed by atoms with van der Waals surface area (Å²) in [6, 6.07) is 8.78. The van der Waals surface area contributed by atoms with Gasteiger partial charge in [-0.15, -0.1) is 0 Å². The van der Waals surface area contributed by atoms with Crippen molar-refractivity contribution in [2.75, 3.05) is 13.1 Å². The standard InChI is InChI=1S/C17H24N2O5S/c1-17(2,3)23-16(20)19-11-9-15(10-12-19)18-24-25(21,22)13-14-7-5-4-6-8-14/h4-8H,9-13H2,1-3H3. The van der Waals surface area contributed by atoms with Crippen molar-refractivity contribution in [3.05, 3.63) is 35.9 Å². The summed E-state index contributed by atoms with van der Waals surface area (Å²) >= 11 is 0. The van der Waals surface area contributed by atoms with Crippen LogP contribution in [0.5, 0.6) is 0 Å². The van der Waals surface area contributed by atoms with Crippen LogP contribution in [0.15, 0.2) is 35.5 Å². The highest BCUT2D eigenvalue weighted by Crippen LogP contribution is 2.15. The molecule has 1 aliphatic heterocycles. The van der Waals surface area contributed by atoms with E-state index in [0.717, 1.165) is 0 Å². The van der Waals surface area contributed by atoms with Gasteiger partial charge in [0.15, 0.2) is 0 Å². The molecule has 138 valence electrons. The lowest BCUT2D eigenvalue weighted by atomic mass is 10.1. The van der Waals surface area contributed by atoms with Gasteiger partial charge in [0.25, 0.3) is 0 Å². The summed E-state index contributed by atoms with van der Waals surface area (Å²) in [6.45, 7) is 6.29. The van der Waals surface area contributed by atoms with Crippen molar-refractivity contribution in [1.82, 2.24) is 4.90 Å². The first-order valence-electron chi connectivity index (χ1n) is 8.13. The van der Waals surface area contributed by atoms with Crippen molar-refractivity contribution in [1.29, 1.82) is 0 Å². The van der Waals surface area contributed by atoms with Gasteiger partial charge in [-0.2, -0.15) is 8.42 Å². The van der Waals surface area contributed by atoms with Crippen LogP contribution in [0.25, 0.3) is 0 Å². The Morgan fingerprint density at radius 2 is 1.76 bits per heavy atom. The van der Waals surface area contributed by atoms with Crippen LogP contribution < -0.4 is 0 Å². The lowest BCUT2D eigenvalue weighted by Crippen LogP contribution is -2.41. The van der Waals surface area contributed by atoms with E-state index in [1.807, 2.05) is 26.8 Å². The van der Waals surface area contributed by atoms with Crippen molar-refractivity contribution in [3.63, 3.8) is 0 Å². The Labute approximate surface area is 148 Å². The predicted molar refractivity (Wildman–Crippen MR) is 94.6 cm³/mol. The molecule has 0 atom stereocenters. The molecule has 0 radical (unpaired) electrons. The first-order valence-corrected chi connectivity index (χ1v) is 9.71. The van der Waals surface area contributed by atoms with Crippen LogP contribution in [0.4, 0.5) is 4.79 Å². The molecule has 2 rings (SSSR count). The molecule has 1 amide bonds. The monoisotopic (exact) mass is 368 g/mol. The molecule has 1 aromatic carbocycles. The fourth-order valence-corrected chi connectivity index (χ4v) is 3.15. The first-order chi connectivity index (χ1) is 11.6. The number of nitrogens with zero attached hydrogens (tertiary/aromatic N) is 2. The van der Waals surface area contributed by atoms with Gasteiger partial charge in [-0.1, -0.05) is 35.5 Å². The fourth-order valence-electron chi connectivity index (χ4n) is 2.28. The third-order valence-electron chi connectivity index (χ3n) is 3.46. The molecule has 1 heterocycles. The highest BCUT2D eigenvalue weighted by molar-refractivity contribution is 7.85. The molecule has 1 saturated heterocycles. The van der Waals surface area contributed by atoms with E-state index in [2.05, 4.69) is 5.16 Å². The molecular weight excluding hydrogens is 344 g/mol. The van der Waals surface area contributed by atoms with Gasteiger partial charge in [-0.05, 0) is 26.3 Å². The summed E-state index contributed by atoms with van der Waals surface area (Å²) in [7, 11) is -3.78. The minimum absolute atomic E-state index is 0.228. The number of piperidine rings is 1. The van der Waals surface area contributed by atoms with Crippen LogP contribution in [-0.2, 0) is 24.9 Å². The van der Waals surface area contributed by atoms with Crippen LogP contribution in [0, 0.1) is 0 Å². The highest BCUT2D eigenvalue weighted by Gasteiger charge is 2.25. The van der Waals surface area contributed by atoms with Crippen molar-refractivity contribution < 1.29 is 22.2 Å². The van der Waals surface area contributed by atoms with E-state index in [1.165, 1.54) is 0 Å². The maximum atomic E-state index is 12.0. The topological polar surface area (TPSA) is 85.3 Å². The largest absolute Gasteiger partial charge is 0.444 e. The number of rotatable bonds is 4. The number of hydrogen-bond donors (Lipinski definition) is 0. The number of carbonyl (C=O) groups excluding carboxylic acids is 1. The van der Waals surface area contributed by atoms with Gasteiger partial charge < -0.3 is 9.64 Å². The summed E-state index contributed by atoms with van der Waals surface area (Å²) in [5.41, 5.74) is 0.721. The number of ether oxygens (including phenoxy) is 1.